The minimum atomic E-state index is 0.224. The molecule has 17 heavy (non-hydrogen) atoms. The highest BCUT2D eigenvalue weighted by atomic mass is 79.9. The lowest BCUT2D eigenvalue weighted by atomic mass is 10.4. The molecule has 2 nitrogen and oxygen atoms in total. The summed E-state index contributed by atoms with van der Waals surface area (Å²) < 4.78 is 0. The minimum absolute atomic E-state index is 0.224. The molecule has 4 heteroatoms. The number of hydrogen-bond acceptors (Lipinski definition) is 2. The van der Waals surface area contributed by atoms with Crippen molar-refractivity contribution in [3.8, 4) is 0 Å². The smallest absolute Gasteiger partial charge is 0.232 e. The third-order valence-corrected chi connectivity index (χ3v) is 3.96. The summed E-state index contributed by atoms with van der Waals surface area (Å²) in [5, 5.41) is 0.947. The molecular formula is C13H18BrNOS. The number of rotatable bonds is 7. The van der Waals surface area contributed by atoms with Crippen molar-refractivity contribution in [2.24, 2.45) is 0 Å². The largest absolute Gasteiger partial charge is 0.342 e. The second kappa shape index (κ2) is 8.59. The maximum absolute atomic E-state index is 11.9. The maximum Gasteiger partial charge on any atom is 0.232 e. The van der Waals surface area contributed by atoms with Gasteiger partial charge in [0.25, 0.3) is 0 Å². The molecule has 0 aliphatic rings. The molecule has 94 valence electrons. The molecule has 0 aliphatic carbocycles. The van der Waals surface area contributed by atoms with Crippen molar-refractivity contribution in [2.45, 2.75) is 18.2 Å². The van der Waals surface area contributed by atoms with Gasteiger partial charge in [-0.25, -0.2) is 0 Å². The van der Waals surface area contributed by atoms with Crippen LogP contribution < -0.4 is 0 Å². The van der Waals surface area contributed by atoms with E-state index in [1.165, 1.54) is 0 Å². The van der Waals surface area contributed by atoms with Crippen molar-refractivity contribution in [3.63, 3.8) is 0 Å². The first kappa shape index (κ1) is 14.6. The Labute approximate surface area is 116 Å². The molecule has 0 fully saturated rings. The van der Waals surface area contributed by atoms with Crippen LogP contribution in [0.4, 0.5) is 0 Å². The Morgan fingerprint density at radius 1 is 1.35 bits per heavy atom. The molecule has 0 unspecified atom stereocenters. The van der Waals surface area contributed by atoms with Crippen molar-refractivity contribution in [2.75, 3.05) is 24.2 Å². The van der Waals surface area contributed by atoms with Crippen LogP contribution in [0.15, 0.2) is 35.2 Å². The van der Waals surface area contributed by atoms with Gasteiger partial charge in [0.1, 0.15) is 0 Å². The number of carbonyl (C=O) groups excluding carboxylic acids is 1. The molecule has 1 aromatic rings. The molecule has 0 atom stereocenters. The quantitative estimate of drug-likeness (QED) is 0.567. The summed E-state index contributed by atoms with van der Waals surface area (Å²) in [6.07, 6.45) is 1.01. The molecule has 0 saturated carbocycles. The average molecular weight is 316 g/mol. The normalized spacial score (nSPS) is 10.2. The van der Waals surface area contributed by atoms with E-state index >= 15 is 0 Å². The lowest BCUT2D eigenvalue weighted by molar-refractivity contribution is -0.128. The number of hydrogen-bond donors (Lipinski definition) is 0. The summed E-state index contributed by atoms with van der Waals surface area (Å²) in [6, 6.07) is 10.0. The van der Waals surface area contributed by atoms with Crippen LogP contribution >= 0.6 is 27.7 Å². The summed E-state index contributed by atoms with van der Waals surface area (Å²) in [5.74, 6) is 0.752. The van der Waals surface area contributed by atoms with Crippen molar-refractivity contribution >= 4 is 33.6 Å². The van der Waals surface area contributed by atoms with Gasteiger partial charge in [0.05, 0.1) is 5.75 Å². The number of benzene rings is 1. The summed E-state index contributed by atoms with van der Waals surface area (Å²) in [6.45, 7) is 3.66. The minimum Gasteiger partial charge on any atom is -0.342 e. The Bertz CT molecular complexity index is 331. The van der Waals surface area contributed by atoms with Gasteiger partial charge in [-0.15, -0.1) is 11.8 Å². The van der Waals surface area contributed by atoms with E-state index in [1.807, 2.05) is 42.2 Å². The van der Waals surface area contributed by atoms with Crippen LogP contribution in [-0.2, 0) is 4.79 Å². The van der Waals surface area contributed by atoms with Gasteiger partial charge in [-0.2, -0.15) is 0 Å². The van der Waals surface area contributed by atoms with E-state index in [4.69, 9.17) is 0 Å². The first-order valence-electron chi connectivity index (χ1n) is 5.79. The zero-order chi connectivity index (χ0) is 12.5. The summed E-state index contributed by atoms with van der Waals surface area (Å²) in [5.41, 5.74) is 0. The fourth-order valence-electron chi connectivity index (χ4n) is 1.46. The Morgan fingerprint density at radius 3 is 2.65 bits per heavy atom. The Hall–Kier alpha value is -0.480. The van der Waals surface area contributed by atoms with Gasteiger partial charge in [-0.3, -0.25) is 4.79 Å². The Kier molecular flexibility index (Phi) is 7.37. The zero-order valence-corrected chi connectivity index (χ0v) is 12.5. The molecular weight excluding hydrogens is 298 g/mol. The van der Waals surface area contributed by atoms with E-state index in [0.717, 1.165) is 29.7 Å². The molecule has 0 N–H and O–H groups in total. The Morgan fingerprint density at radius 2 is 2.06 bits per heavy atom. The van der Waals surface area contributed by atoms with E-state index in [0.29, 0.717) is 5.75 Å². The molecule has 0 aromatic heterocycles. The van der Waals surface area contributed by atoms with E-state index in [1.54, 1.807) is 11.8 Å². The summed E-state index contributed by atoms with van der Waals surface area (Å²) in [7, 11) is 0. The van der Waals surface area contributed by atoms with Crippen molar-refractivity contribution in [3.05, 3.63) is 30.3 Å². The van der Waals surface area contributed by atoms with Crippen molar-refractivity contribution < 1.29 is 4.79 Å². The molecule has 0 heterocycles. The van der Waals surface area contributed by atoms with Gasteiger partial charge >= 0.3 is 0 Å². The van der Waals surface area contributed by atoms with Crippen molar-refractivity contribution in [1.82, 2.24) is 4.90 Å². The lowest BCUT2D eigenvalue weighted by Gasteiger charge is -2.20. The fraction of sp³-hybridized carbons (Fsp3) is 0.462. The molecule has 1 aromatic carbocycles. The van der Waals surface area contributed by atoms with Crippen LogP contribution in [0.1, 0.15) is 13.3 Å². The molecule has 0 saturated heterocycles. The standard InChI is InChI=1S/C13H18BrNOS/c1-2-15(10-6-9-14)13(16)11-17-12-7-4-3-5-8-12/h3-5,7-8H,2,6,9-11H2,1H3. The van der Waals surface area contributed by atoms with Gasteiger partial charge in [0.2, 0.25) is 5.91 Å². The van der Waals surface area contributed by atoms with Gasteiger partial charge in [-0.05, 0) is 25.5 Å². The summed E-state index contributed by atoms with van der Waals surface area (Å²) in [4.78, 5) is 15.0. The van der Waals surface area contributed by atoms with E-state index in [-0.39, 0.29) is 5.91 Å². The van der Waals surface area contributed by atoms with Crippen LogP contribution in [0.3, 0.4) is 0 Å². The predicted octanol–water partition coefficient (Wildman–Crippen LogP) is 3.41. The number of alkyl halides is 1. The zero-order valence-electron chi connectivity index (χ0n) is 10.1. The predicted molar refractivity (Wildman–Crippen MR) is 77.8 cm³/mol. The third kappa shape index (κ3) is 5.59. The number of halogens is 1. The average Bonchev–Trinajstić information content (AvgIpc) is 2.38. The number of thioether (sulfide) groups is 1. The van der Waals surface area contributed by atoms with Crippen LogP contribution in [0.2, 0.25) is 0 Å². The van der Waals surface area contributed by atoms with E-state index < -0.39 is 0 Å². The second-order valence-corrected chi connectivity index (χ2v) is 5.46. The first-order valence-corrected chi connectivity index (χ1v) is 7.90. The molecule has 0 aliphatic heterocycles. The molecule has 0 spiro atoms. The van der Waals surface area contributed by atoms with Gasteiger partial charge in [0, 0.05) is 23.3 Å². The van der Waals surface area contributed by atoms with E-state index in [9.17, 15) is 4.79 Å². The molecule has 0 radical (unpaired) electrons. The van der Waals surface area contributed by atoms with Crippen LogP contribution in [-0.4, -0.2) is 35.0 Å². The first-order chi connectivity index (χ1) is 8.27. The van der Waals surface area contributed by atoms with E-state index in [2.05, 4.69) is 15.9 Å². The van der Waals surface area contributed by atoms with Gasteiger partial charge < -0.3 is 4.90 Å². The topological polar surface area (TPSA) is 20.3 Å². The van der Waals surface area contributed by atoms with Gasteiger partial charge in [0.15, 0.2) is 0 Å². The van der Waals surface area contributed by atoms with Crippen LogP contribution in [0.5, 0.6) is 0 Å². The van der Waals surface area contributed by atoms with Crippen LogP contribution in [0, 0.1) is 0 Å². The third-order valence-electron chi connectivity index (χ3n) is 2.40. The van der Waals surface area contributed by atoms with Crippen molar-refractivity contribution in [1.29, 1.82) is 0 Å². The number of carbonyl (C=O) groups is 1. The highest BCUT2D eigenvalue weighted by Crippen LogP contribution is 2.17. The molecule has 1 amide bonds. The number of amides is 1. The monoisotopic (exact) mass is 315 g/mol. The highest BCUT2D eigenvalue weighted by molar-refractivity contribution is 9.09. The van der Waals surface area contributed by atoms with Crippen LogP contribution in [0.25, 0.3) is 0 Å². The number of nitrogens with zero attached hydrogens (tertiary/aromatic N) is 1. The van der Waals surface area contributed by atoms with Gasteiger partial charge in [-0.1, -0.05) is 34.1 Å². The summed E-state index contributed by atoms with van der Waals surface area (Å²) >= 11 is 4.99. The molecule has 0 bridgehead atoms. The SMILES string of the molecule is CCN(CCCBr)C(=O)CSc1ccccc1. The Balaban J connectivity index is 2.37. The fourth-order valence-corrected chi connectivity index (χ4v) is 2.54. The highest BCUT2D eigenvalue weighted by Gasteiger charge is 2.10. The molecule has 1 rings (SSSR count). The maximum atomic E-state index is 11.9. The lowest BCUT2D eigenvalue weighted by Crippen LogP contribution is -2.33. The second-order valence-electron chi connectivity index (χ2n) is 3.62.